The molecule has 8 heteroatoms. The summed E-state index contributed by atoms with van der Waals surface area (Å²) in [6.45, 7) is 9.01. The maximum atomic E-state index is 13.0. The summed E-state index contributed by atoms with van der Waals surface area (Å²) in [6, 6.07) is 5.76. The zero-order valence-corrected chi connectivity index (χ0v) is 22.2. The predicted molar refractivity (Wildman–Crippen MR) is 140 cm³/mol. The van der Waals surface area contributed by atoms with Crippen molar-refractivity contribution in [3.05, 3.63) is 57.0 Å². The normalized spacial score (nSPS) is 16.9. The maximum absolute atomic E-state index is 13.0. The van der Waals surface area contributed by atoms with Crippen molar-refractivity contribution < 1.29 is 19.0 Å². The Balaban J connectivity index is 1.60. The summed E-state index contributed by atoms with van der Waals surface area (Å²) in [5.41, 5.74) is 3.44. The van der Waals surface area contributed by atoms with Gasteiger partial charge in [0.25, 0.3) is 0 Å². The van der Waals surface area contributed by atoms with Crippen LogP contribution in [0.2, 0.25) is 0 Å². The second-order valence-corrected chi connectivity index (χ2v) is 11.6. The third kappa shape index (κ3) is 4.72. The minimum absolute atomic E-state index is 0.0407. The van der Waals surface area contributed by atoms with E-state index >= 15 is 0 Å². The van der Waals surface area contributed by atoms with E-state index in [2.05, 4.69) is 36.4 Å². The van der Waals surface area contributed by atoms with Gasteiger partial charge in [0.05, 0.1) is 37.0 Å². The fourth-order valence-electron chi connectivity index (χ4n) is 4.73. The van der Waals surface area contributed by atoms with E-state index in [9.17, 15) is 9.59 Å². The van der Waals surface area contributed by atoms with Crippen LogP contribution in [0.3, 0.4) is 0 Å². The number of fused-ring (bicyclic) bond motifs is 3. The highest BCUT2D eigenvalue weighted by Crippen LogP contribution is 2.46. The van der Waals surface area contributed by atoms with Gasteiger partial charge in [0, 0.05) is 35.6 Å². The van der Waals surface area contributed by atoms with E-state index in [0.717, 1.165) is 57.3 Å². The van der Waals surface area contributed by atoms with Crippen LogP contribution < -0.4 is 10.2 Å². The van der Waals surface area contributed by atoms with E-state index in [1.165, 1.54) is 0 Å². The van der Waals surface area contributed by atoms with E-state index in [4.69, 9.17) is 14.2 Å². The summed E-state index contributed by atoms with van der Waals surface area (Å²) in [5.74, 6) is 0.130. The Morgan fingerprint density at radius 1 is 1.19 bits per heavy atom. The number of rotatable bonds is 7. The monoisotopic (exact) mass is 508 g/mol. The third-order valence-corrected chi connectivity index (χ3v) is 7.81. The molecule has 3 heterocycles. The van der Waals surface area contributed by atoms with Crippen molar-refractivity contribution in [1.29, 1.82) is 0 Å². The Labute approximate surface area is 215 Å². The molecule has 1 fully saturated rings. The maximum Gasteiger partial charge on any atom is 0.343 e. The molecule has 190 valence electrons. The van der Waals surface area contributed by atoms with Gasteiger partial charge in [-0.15, -0.1) is 11.3 Å². The van der Waals surface area contributed by atoms with Gasteiger partial charge in [0.2, 0.25) is 0 Å². The number of carbonyl (C=O) groups excluding carboxylic acids is 1. The van der Waals surface area contributed by atoms with Crippen molar-refractivity contribution in [1.82, 2.24) is 9.55 Å². The lowest BCUT2D eigenvalue weighted by atomic mass is 9.78. The van der Waals surface area contributed by atoms with Crippen molar-refractivity contribution in [2.24, 2.45) is 5.41 Å². The lowest BCUT2D eigenvalue weighted by Gasteiger charge is -2.39. The van der Waals surface area contributed by atoms with E-state index in [0.29, 0.717) is 12.7 Å². The van der Waals surface area contributed by atoms with E-state index in [-0.39, 0.29) is 29.1 Å². The standard InChI is InChI=1S/C28H32N2O5S/c1-6-34-27(32)20-14-30-21(12-22(20)31)18-11-23(33-5)19(9-16(18)10-25(30)28(2,3)4)24-13-29-26(36-24)15-35-17-7-8-17/h9,11-14,17,25H,6-8,10,15H2,1-5H3. The molecular formula is C28H32N2O5S. The highest BCUT2D eigenvalue weighted by Gasteiger charge is 2.34. The molecule has 0 N–H and O–H groups in total. The van der Waals surface area contributed by atoms with Crippen LogP contribution >= 0.6 is 11.3 Å². The first-order chi connectivity index (χ1) is 17.2. The topological polar surface area (TPSA) is 79.7 Å². The van der Waals surface area contributed by atoms with Crippen LogP contribution in [0, 0.1) is 5.41 Å². The van der Waals surface area contributed by atoms with Gasteiger partial charge >= 0.3 is 5.97 Å². The van der Waals surface area contributed by atoms with Gasteiger partial charge < -0.3 is 18.8 Å². The van der Waals surface area contributed by atoms with Crippen molar-refractivity contribution >= 4 is 17.3 Å². The first kappa shape index (κ1) is 24.7. The SMILES string of the molecule is CCOC(=O)c1cn2c(cc1=O)-c1cc(OC)c(-c3cnc(COC4CC4)s3)cc1CC2C(C)(C)C. The van der Waals surface area contributed by atoms with Gasteiger partial charge in [-0.25, -0.2) is 9.78 Å². The summed E-state index contributed by atoms with van der Waals surface area (Å²) in [7, 11) is 1.65. The van der Waals surface area contributed by atoms with Crippen LogP contribution in [-0.4, -0.2) is 35.3 Å². The van der Waals surface area contributed by atoms with Crippen LogP contribution in [0.4, 0.5) is 0 Å². The first-order valence-corrected chi connectivity index (χ1v) is 13.2. The molecule has 36 heavy (non-hydrogen) atoms. The summed E-state index contributed by atoms with van der Waals surface area (Å²) in [6.07, 6.45) is 6.97. The molecule has 0 amide bonds. The third-order valence-electron chi connectivity index (χ3n) is 6.81. The molecule has 1 aromatic carbocycles. The molecule has 2 aliphatic rings. The number of methoxy groups -OCH3 is 1. The van der Waals surface area contributed by atoms with Crippen LogP contribution in [0.25, 0.3) is 21.7 Å². The molecule has 1 aliphatic heterocycles. The minimum atomic E-state index is -0.587. The average Bonchev–Trinajstić information content (AvgIpc) is 3.55. The van der Waals surface area contributed by atoms with Gasteiger partial charge in [-0.05, 0) is 49.3 Å². The van der Waals surface area contributed by atoms with Gasteiger partial charge in [0.1, 0.15) is 16.3 Å². The number of hydrogen-bond donors (Lipinski definition) is 0. The Morgan fingerprint density at radius 3 is 2.64 bits per heavy atom. The minimum Gasteiger partial charge on any atom is -0.496 e. The summed E-state index contributed by atoms with van der Waals surface area (Å²) < 4.78 is 18.8. The molecule has 0 radical (unpaired) electrons. The quantitative estimate of drug-likeness (QED) is 0.384. The molecule has 1 atom stereocenters. The lowest BCUT2D eigenvalue weighted by molar-refractivity contribution is 0.0523. The Morgan fingerprint density at radius 2 is 1.97 bits per heavy atom. The Hall–Kier alpha value is -2.97. The largest absolute Gasteiger partial charge is 0.496 e. The molecule has 0 bridgehead atoms. The van der Waals surface area contributed by atoms with Crippen molar-refractivity contribution in [3.8, 4) is 27.4 Å². The lowest BCUT2D eigenvalue weighted by Crippen LogP contribution is -2.33. The smallest absolute Gasteiger partial charge is 0.343 e. The summed E-state index contributed by atoms with van der Waals surface area (Å²) in [5, 5.41) is 0.952. The number of benzene rings is 1. The molecular weight excluding hydrogens is 476 g/mol. The van der Waals surface area contributed by atoms with Gasteiger partial charge in [-0.2, -0.15) is 0 Å². The van der Waals surface area contributed by atoms with Crippen LogP contribution in [-0.2, 0) is 22.5 Å². The average molecular weight is 509 g/mol. The molecule has 1 unspecified atom stereocenters. The predicted octanol–water partition coefficient (Wildman–Crippen LogP) is 5.65. The van der Waals surface area contributed by atoms with Crippen LogP contribution in [0.5, 0.6) is 5.75 Å². The zero-order valence-electron chi connectivity index (χ0n) is 21.4. The number of carbonyl (C=O) groups is 1. The molecule has 3 aromatic rings. The number of nitrogens with zero attached hydrogens (tertiary/aromatic N) is 2. The van der Waals surface area contributed by atoms with Crippen molar-refractivity contribution in [2.45, 2.75) is 65.7 Å². The van der Waals surface area contributed by atoms with Gasteiger partial charge in [0.15, 0.2) is 5.43 Å². The molecule has 0 spiro atoms. The van der Waals surface area contributed by atoms with Gasteiger partial charge in [-0.1, -0.05) is 20.8 Å². The van der Waals surface area contributed by atoms with E-state index < -0.39 is 5.97 Å². The number of thiazole rings is 1. The number of aromatic nitrogens is 2. The highest BCUT2D eigenvalue weighted by atomic mass is 32.1. The summed E-state index contributed by atoms with van der Waals surface area (Å²) in [4.78, 5) is 31.0. The fourth-order valence-corrected chi connectivity index (χ4v) is 5.60. The number of ether oxygens (including phenoxy) is 3. The van der Waals surface area contributed by atoms with Crippen molar-refractivity contribution in [3.63, 3.8) is 0 Å². The fraction of sp³-hybridized carbons (Fsp3) is 0.464. The first-order valence-electron chi connectivity index (χ1n) is 12.4. The molecule has 5 rings (SSSR count). The van der Waals surface area contributed by atoms with E-state index in [1.54, 1.807) is 37.6 Å². The Kier molecular flexibility index (Phi) is 6.51. The van der Waals surface area contributed by atoms with Crippen LogP contribution in [0.15, 0.2) is 35.4 Å². The molecule has 1 saturated carbocycles. The van der Waals surface area contributed by atoms with E-state index in [1.807, 2.05) is 12.3 Å². The molecule has 7 nitrogen and oxygen atoms in total. The summed E-state index contributed by atoms with van der Waals surface area (Å²) >= 11 is 1.62. The number of hydrogen-bond acceptors (Lipinski definition) is 7. The zero-order chi connectivity index (χ0) is 25.6. The second kappa shape index (κ2) is 9.48. The molecule has 2 aromatic heterocycles. The number of esters is 1. The van der Waals surface area contributed by atoms with Crippen molar-refractivity contribution in [2.75, 3.05) is 13.7 Å². The number of pyridine rings is 1. The second-order valence-electron chi connectivity index (χ2n) is 10.5. The van der Waals surface area contributed by atoms with Crippen LogP contribution in [0.1, 0.15) is 67.5 Å². The molecule has 1 aliphatic carbocycles. The Bertz CT molecular complexity index is 1360. The molecule has 0 saturated heterocycles. The highest BCUT2D eigenvalue weighted by molar-refractivity contribution is 7.15. The van der Waals surface area contributed by atoms with Gasteiger partial charge in [-0.3, -0.25) is 4.79 Å².